The molecule has 2 rings (SSSR count). The van der Waals surface area contributed by atoms with E-state index < -0.39 is 10.0 Å². The minimum absolute atomic E-state index is 0.0927. The Morgan fingerprint density at radius 2 is 1.95 bits per heavy atom. The Morgan fingerprint density at radius 1 is 1.26 bits per heavy atom. The van der Waals surface area contributed by atoms with Crippen LogP contribution in [-0.4, -0.2) is 38.9 Å². The number of hydrogen-bond donors (Lipinski definition) is 2. The molecular weight excluding hydrogens is 262 g/mol. The van der Waals surface area contributed by atoms with Crippen molar-refractivity contribution in [2.45, 2.75) is 36.2 Å². The number of hydrogen-bond acceptors (Lipinski definition) is 4. The van der Waals surface area contributed by atoms with Gasteiger partial charge >= 0.3 is 0 Å². The van der Waals surface area contributed by atoms with E-state index in [0.717, 1.165) is 19.3 Å². The van der Waals surface area contributed by atoms with Crippen LogP contribution in [0.4, 0.5) is 5.69 Å². The van der Waals surface area contributed by atoms with Gasteiger partial charge in [0, 0.05) is 26.2 Å². The first-order valence-electron chi connectivity index (χ1n) is 6.46. The third-order valence-electron chi connectivity index (χ3n) is 3.56. The fraction of sp³-hybridized carbons (Fsp3) is 0.538. The quantitative estimate of drug-likeness (QED) is 0.871. The SMILES string of the molecule is CN(C)S(=O)(=O)c1ccccc1NC1CCCC1N. The average Bonchev–Trinajstić information content (AvgIpc) is 2.75. The summed E-state index contributed by atoms with van der Waals surface area (Å²) in [5, 5.41) is 3.29. The summed E-state index contributed by atoms with van der Waals surface area (Å²) >= 11 is 0. The van der Waals surface area contributed by atoms with Crippen LogP contribution in [0.1, 0.15) is 19.3 Å². The molecular formula is C13H21N3O2S. The highest BCUT2D eigenvalue weighted by atomic mass is 32.2. The summed E-state index contributed by atoms with van der Waals surface area (Å²) in [6.45, 7) is 0. The molecule has 1 aliphatic rings. The predicted octanol–water partition coefficient (Wildman–Crippen LogP) is 1.23. The third kappa shape index (κ3) is 2.91. The highest BCUT2D eigenvalue weighted by Crippen LogP contribution is 2.27. The molecule has 1 saturated carbocycles. The van der Waals surface area contributed by atoms with Gasteiger partial charge in [-0.15, -0.1) is 0 Å². The maximum atomic E-state index is 12.3. The summed E-state index contributed by atoms with van der Waals surface area (Å²) in [7, 11) is -0.366. The van der Waals surface area contributed by atoms with Gasteiger partial charge in [0.15, 0.2) is 0 Å². The van der Waals surface area contributed by atoms with Crippen LogP contribution in [0.3, 0.4) is 0 Å². The van der Waals surface area contributed by atoms with Crippen molar-refractivity contribution in [2.75, 3.05) is 19.4 Å². The zero-order valence-electron chi connectivity index (χ0n) is 11.3. The number of sulfonamides is 1. The molecule has 2 unspecified atom stereocenters. The van der Waals surface area contributed by atoms with Gasteiger partial charge in [-0.3, -0.25) is 0 Å². The van der Waals surface area contributed by atoms with Gasteiger partial charge in [-0.1, -0.05) is 12.1 Å². The first-order chi connectivity index (χ1) is 8.93. The van der Waals surface area contributed by atoms with Crippen molar-refractivity contribution in [3.8, 4) is 0 Å². The number of rotatable bonds is 4. The van der Waals surface area contributed by atoms with Crippen LogP contribution in [0.15, 0.2) is 29.2 Å². The van der Waals surface area contributed by atoms with Crippen molar-refractivity contribution in [3.63, 3.8) is 0 Å². The Morgan fingerprint density at radius 3 is 2.53 bits per heavy atom. The van der Waals surface area contributed by atoms with Crippen molar-refractivity contribution < 1.29 is 8.42 Å². The van der Waals surface area contributed by atoms with Gasteiger partial charge in [0.1, 0.15) is 4.90 Å². The van der Waals surface area contributed by atoms with E-state index in [0.29, 0.717) is 10.6 Å². The molecule has 0 spiro atoms. The van der Waals surface area contributed by atoms with Gasteiger partial charge in [-0.05, 0) is 31.4 Å². The lowest BCUT2D eigenvalue weighted by molar-refractivity contribution is 0.520. The van der Waals surface area contributed by atoms with E-state index in [1.54, 1.807) is 18.2 Å². The molecule has 1 aromatic rings. The average molecular weight is 283 g/mol. The number of nitrogens with zero attached hydrogens (tertiary/aromatic N) is 1. The second-order valence-electron chi connectivity index (χ2n) is 5.13. The summed E-state index contributed by atoms with van der Waals surface area (Å²) in [5.74, 6) is 0. The van der Waals surface area contributed by atoms with Crippen LogP contribution in [0.25, 0.3) is 0 Å². The highest BCUT2D eigenvalue weighted by Gasteiger charge is 2.27. The molecule has 0 bridgehead atoms. The molecule has 2 atom stereocenters. The number of benzene rings is 1. The fourth-order valence-corrected chi connectivity index (χ4v) is 3.42. The highest BCUT2D eigenvalue weighted by molar-refractivity contribution is 7.89. The molecule has 6 heteroatoms. The summed E-state index contributed by atoms with van der Waals surface area (Å²) in [4.78, 5) is 0.305. The fourth-order valence-electron chi connectivity index (χ4n) is 2.38. The van der Waals surface area contributed by atoms with Crippen LogP contribution in [0.5, 0.6) is 0 Å². The molecule has 0 saturated heterocycles. The van der Waals surface area contributed by atoms with E-state index in [1.165, 1.54) is 18.4 Å². The van der Waals surface area contributed by atoms with E-state index >= 15 is 0 Å². The van der Waals surface area contributed by atoms with Gasteiger partial charge in [-0.25, -0.2) is 12.7 Å². The molecule has 0 amide bonds. The molecule has 0 aliphatic heterocycles. The molecule has 1 aromatic carbocycles. The predicted molar refractivity (Wildman–Crippen MR) is 76.6 cm³/mol. The van der Waals surface area contributed by atoms with Gasteiger partial charge in [0.05, 0.1) is 5.69 Å². The third-order valence-corrected chi connectivity index (χ3v) is 5.43. The van der Waals surface area contributed by atoms with Crippen molar-refractivity contribution in [1.82, 2.24) is 4.31 Å². The second kappa shape index (κ2) is 5.48. The maximum Gasteiger partial charge on any atom is 0.244 e. The molecule has 0 heterocycles. The number of nitrogens with two attached hydrogens (primary N) is 1. The van der Waals surface area contributed by atoms with E-state index in [-0.39, 0.29) is 12.1 Å². The van der Waals surface area contributed by atoms with Crippen LogP contribution >= 0.6 is 0 Å². The first kappa shape index (κ1) is 14.3. The van der Waals surface area contributed by atoms with Crippen LogP contribution in [0.2, 0.25) is 0 Å². The Hall–Kier alpha value is -1.11. The summed E-state index contributed by atoms with van der Waals surface area (Å²) in [5.41, 5.74) is 6.66. The van der Waals surface area contributed by atoms with Crippen molar-refractivity contribution in [1.29, 1.82) is 0 Å². The van der Waals surface area contributed by atoms with Gasteiger partial charge in [-0.2, -0.15) is 0 Å². The lowest BCUT2D eigenvalue weighted by Gasteiger charge is -2.22. The van der Waals surface area contributed by atoms with Crippen molar-refractivity contribution >= 4 is 15.7 Å². The van der Waals surface area contributed by atoms with Crippen LogP contribution in [0, 0.1) is 0 Å². The molecule has 0 aromatic heterocycles. The normalized spacial score (nSPS) is 23.8. The lowest BCUT2D eigenvalue weighted by atomic mass is 10.2. The Bertz CT molecular complexity index is 543. The molecule has 1 fully saturated rings. The summed E-state index contributed by atoms with van der Waals surface area (Å²) in [6, 6.07) is 7.22. The Balaban J connectivity index is 2.32. The minimum Gasteiger partial charge on any atom is -0.380 e. The van der Waals surface area contributed by atoms with Crippen LogP contribution in [-0.2, 0) is 10.0 Å². The topological polar surface area (TPSA) is 75.4 Å². The number of para-hydroxylation sites is 1. The zero-order valence-corrected chi connectivity index (χ0v) is 12.2. The maximum absolute atomic E-state index is 12.3. The second-order valence-corrected chi connectivity index (χ2v) is 7.25. The summed E-state index contributed by atoms with van der Waals surface area (Å²) < 4.78 is 25.7. The van der Waals surface area contributed by atoms with Gasteiger partial charge in [0.25, 0.3) is 0 Å². The molecule has 3 N–H and O–H groups in total. The first-order valence-corrected chi connectivity index (χ1v) is 7.90. The molecule has 106 valence electrons. The molecule has 0 radical (unpaired) electrons. The smallest absolute Gasteiger partial charge is 0.244 e. The Kier molecular flexibility index (Phi) is 4.13. The van der Waals surface area contributed by atoms with E-state index in [4.69, 9.17) is 5.73 Å². The number of anilines is 1. The minimum atomic E-state index is -3.44. The molecule has 19 heavy (non-hydrogen) atoms. The zero-order chi connectivity index (χ0) is 14.0. The molecule has 1 aliphatic carbocycles. The van der Waals surface area contributed by atoms with E-state index in [1.807, 2.05) is 6.07 Å². The Labute approximate surface area is 114 Å². The van der Waals surface area contributed by atoms with Gasteiger partial charge < -0.3 is 11.1 Å². The molecule has 5 nitrogen and oxygen atoms in total. The van der Waals surface area contributed by atoms with Crippen molar-refractivity contribution in [2.24, 2.45) is 5.73 Å². The lowest BCUT2D eigenvalue weighted by Crippen LogP contribution is -2.36. The van der Waals surface area contributed by atoms with E-state index in [2.05, 4.69) is 5.32 Å². The monoisotopic (exact) mass is 283 g/mol. The van der Waals surface area contributed by atoms with Crippen molar-refractivity contribution in [3.05, 3.63) is 24.3 Å². The van der Waals surface area contributed by atoms with Crippen LogP contribution < -0.4 is 11.1 Å². The van der Waals surface area contributed by atoms with Gasteiger partial charge in [0.2, 0.25) is 10.0 Å². The van der Waals surface area contributed by atoms with E-state index in [9.17, 15) is 8.42 Å². The summed E-state index contributed by atoms with van der Waals surface area (Å²) in [6.07, 6.45) is 3.05. The standard InChI is InChI=1S/C13H21N3O2S/c1-16(2)19(17,18)13-9-4-3-7-12(13)15-11-8-5-6-10(11)14/h3-4,7,9-11,15H,5-6,8,14H2,1-2H3. The number of nitrogens with one attached hydrogen (secondary N) is 1. The largest absolute Gasteiger partial charge is 0.380 e.